The summed E-state index contributed by atoms with van der Waals surface area (Å²) in [6, 6.07) is 12.6. The lowest BCUT2D eigenvalue weighted by Crippen LogP contribution is -2.31. The van der Waals surface area contributed by atoms with E-state index in [-0.39, 0.29) is 17.8 Å². The van der Waals surface area contributed by atoms with Crippen molar-refractivity contribution in [1.29, 1.82) is 0 Å². The largest absolute Gasteiger partial charge is 0.372 e. The summed E-state index contributed by atoms with van der Waals surface area (Å²) >= 11 is 1.52. The molecule has 0 saturated heterocycles. The Balaban J connectivity index is 1.74. The standard InChI is InChI=1S/C20H23FN2OS/c1-3-23(4-2)15-10-8-14(9-11-15)20(24)22-18-12-13-25-19-16(18)6-5-7-17(19)21/h5-11,18H,3-4,12-13H2,1-2H3,(H,22,24)/t18-/m0/s1. The van der Waals surface area contributed by atoms with Gasteiger partial charge in [0.05, 0.1) is 6.04 Å². The highest BCUT2D eigenvalue weighted by Crippen LogP contribution is 2.37. The summed E-state index contributed by atoms with van der Waals surface area (Å²) in [6.45, 7) is 6.10. The SMILES string of the molecule is CCN(CC)c1ccc(C(=O)N[C@H]2CCSc3c(F)cccc32)cc1. The van der Waals surface area contributed by atoms with Gasteiger partial charge >= 0.3 is 0 Å². The molecule has 132 valence electrons. The summed E-state index contributed by atoms with van der Waals surface area (Å²) in [4.78, 5) is 15.5. The van der Waals surface area contributed by atoms with Gasteiger partial charge in [0.2, 0.25) is 0 Å². The Morgan fingerprint density at radius 3 is 2.60 bits per heavy atom. The van der Waals surface area contributed by atoms with E-state index in [0.29, 0.717) is 10.5 Å². The molecule has 25 heavy (non-hydrogen) atoms. The molecule has 0 unspecified atom stereocenters. The van der Waals surface area contributed by atoms with Gasteiger partial charge in [-0.25, -0.2) is 4.39 Å². The van der Waals surface area contributed by atoms with Crippen LogP contribution in [0, 0.1) is 5.82 Å². The van der Waals surface area contributed by atoms with E-state index in [2.05, 4.69) is 24.1 Å². The number of fused-ring (bicyclic) bond motifs is 1. The van der Waals surface area contributed by atoms with Crippen molar-refractivity contribution in [3.63, 3.8) is 0 Å². The number of nitrogens with zero attached hydrogens (tertiary/aromatic N) is 1. The zero-order valence-corrected chi connectivity index (χ0v) is 15.4. The van der Waals surface area contributed by atoms with E-state index in [4.69, 9.17) is 0 Å². The van der Waals surface area contributed by atoms with Gasteiger partial charge in [0.25, 0.3) is 5.91 Å². The molecule has 0 spiro atoms. The normalized spacial score (nSPS) is 16.2. The molecule has 0 aromatic heterocycles. The minimum absolute atomic E-state index is 0.113. The van der Waals surface area contributed by atoms with Crippen LogP contribution in [0.25, 0.3) is 0 Å². The van der Waals surface area contributed by atoms with Gasteiger partial charge in [0.15, 0.2) is 0 Å². The number of thioether (sulfide) groups is 1. The van der Waals surface area contributed by atoms with Crippen LogP contribution in [0.1, 0.15) is 42.2 Å². The van der Waals surface area contributed by atoms with Crippen molar-refractivity contribution in [1.82, 2.24) is 5.32 Å². The third kappa shape index (κ3) is 3.82. The molecule has 1 aliphatic rings. The van der Waals surface area contributed by atoms with E-state index in [0.717, 1.165) is 36.5 Å². The van der Waals surface area contributed by atoms with Gasteiger partial charge in [-0.2, -0.15) is 0 Å². The molecule has 0 radical (unpaired) electrons. The van der Waals surface area contributed by atoms with Crippen LogP contribution >= 0.6 is 11.8 Å². The molecule has 1 amide bonds. The molecular weight excluding hydrogens is 335 g/mol. The number of amides is 1. The second-order valence-corrected chi connectivity index (χ2v) is 7.15. The number of carbonyl (C=O) groups is 1. The van der Waals surface area contributed by atoms with Crippen LogP contribution in [0.4, 0.5) is 10.1 Å². The van der Waals surface area contributed by atoms with Crippen molar-refractivity contribution in [3.05, 3.63) is 59.4 Å². The molecule has 5 heteroatoms. The average molecular weight is 358 g/mol. The molecule has 0 fully saturated rings. The van der Waals surface area contributed by atoms with Gasteiger partial charge in [-0.3, -0.25) is 4.79 Å². The Morgan fingerprint density at radius 2 is 1.92 bits per heavy atom. The Morgan fingerprint density at radius 1 is 1.20 bits per heavy atom. The fourth-order valence-corrected chi connectivity index (χ4v) is 4.33. The number of halogens is 1. The monoisotopic (exact) mass is 358 g/mol. The lowest BCUT2D eigenvalue weighted by molar-refractivity contribution is 0.0935. The molecule has 0 aliphatic carbocycles. The summed E-state index contributed by atoms with van der Waals surface area (Å²) in [6.07, 6.45) is 0.810. The summed E-state index contributed by atoms with van der Waals surface area (Å²) in [5.74, 6) is 0.489. The number of benzene rings is 2. The van der Waals surface area contributed by atoms with Gasteiger partial charge in [-0.1, -0.05) is 12.1 Å². The topological polar surface area (TPSA) is 32.3 Å². The van der Waals surface area contributed by atoms with Gasteiger partial charge < -0.3 is 10.2 Å². The average Bonchev–Trinajstić information content (AvgIpc) is 2.64. The van der Waals surface area contributed by atoms with Crippen LogP contribution < -0.4 is 10.2 Å². The lowest BCUT2D eigenvalue weighted by Gasteiger charge is -2.26. The van der Waals surface area contributed by atoms with Crippen molar-refractivity contribution in [2.45, 2.75) is 31.2 Å². The molecule has 0 bridgehead atoms. The Labute approximate surface area is 152 Å². The van der Waals surface area contributed by atoms with E-state index in [1.54, 1.807) is 6.07 Å². The third-order valence-electron chi connectivity index (χ3n) is 4.59. The third-order valence-corrected chi connectivity index (χ3v) is 5.75. The second kappa shape index (κ2) is 7.91. The van der Waals surface area contributed by atoms with E-state index in [1.165, 1.54) is 17.8 Å². The number of hydrogen-bond donors (Lipinski definition) is 1. The molecular formula is C20H23FN2OS. The van der Waals surface area contributed by atoms with E-state index in [9.17, 15) is 9.18 Å². The molecule has 0 saturated carbocycles. The Bertz CT molecular complexity index is 744. The summed E-state index contributed by atoms with van der Waals surface area (Å²) in [7, 11) is 0. The quantitative estimate of drug-likeness (QED) is 0.845. The van der Waals surface area contributed by atoms with Crippen LogP contribution in [0.3, 0.4) is 0 Å². The highest BCUT2D eigenvalue weighted by molar-refractivity contribution is 7.99. The fourth-order valence-electron chi connectivity index (χ4n) is 3.19. The van der Waals surface area contributed by atoms with E-state index in [1.807, 2.05) is 30.3 Å². The zero-order chi connectivity index (χ0) is 17.8. The van der Waals surface area contributed by atoms with Crippen LogP contribution in [0.5, 0.6) is 0 Å². The van der Waals surface area contributed by atoms with Crippen LogP contribution in [-0.4, -0.2) is 24.7 Å². The van der Waals surface area contributed by atoms with Crippen LogP contribution in [0.2, 0.25) is 0 Å². The van der Waals surface area contributed by atoms with Crippen molar-refractivity contribution >= 4 is 23.4 Å². The lowest BCUT2D eigenvalue weighted by atomic mass is 10.0. The number of rotatable bonds is 5. The minimum Gasteiger partial charge on any atom is -0.372 e. The zero-order valence-electron chi connectivity index (χ0n) is 14.6. The molecule has 3 rings (SSSR count). The first-order valence-electron chi connectivity index (χ1n) is 8.71. The molecule has 2 aromatic rings. The highest BCUT2D eigenvalue weighted by Gasteiger charge is 2.24. The second-order valence-electron chi connectivity index (χ2n) is 6.04. The first kappa shape index (κ1) is 17.8. The van der Waals surface area contributed by atoms with Crippen molar-refractivity contribution in [3.8, 4) is 0 Å². The minimum atomic E-state index is -0.204. The smallest absolute Gasteiger partial charge is 0.251 e. The number of carbonyl (C=O) groups excluding carboxylic acids is 1. The predicted molar refractivity (Wildman–Crippen MR) is 102 cm³/mol. The highest BCUT2D eigenvalue weighted by atomic mass is 32.2. The number of hydrogen-bond acceptors (Lipinski definition) is 3. The van der Waals surface area contributed by atoms with Gasteiger partial charge in [0, 0.05) is 35.0 Å². The number of anilines is 1. The molecule has 3 nitrogen and oxygen atoms in total. The number of nitrogens with one attached hydrogen (secondary N) is 1. The molecule has 1 atom stereocenters. The Hall–Kier alpha value is -2.01. The first-order valence-corrected chi connectivity index (χ1v) is 9.69. The predicted octanol–water partition coefficient (Wildman–Crippen LogP) is 4.64. The molecule has 2 aromatic carbocycles. The van der Waals surface area contributed by atoms with Gasteiger partial charge in [0.1, 0.15) is 5.82 Å². The summed E-state index contributed by atoms with van der Waals surface area (Å²) in [5, 5.41) is 3.06. The van der Waals surface area contributed by atoms with Gasteiger partial charge in [-0.05, 0) is 56.2 Å². The van der Waals surface area contributed by atoms with Crippen molar-refractivity contribution < 1.29 is 9.18 Å². The fraction of sp³-hybridized carbons (Fsp3) is 0.350. The van der Waals surface area contributed by atoms with E-state index < -0.39 is 0 Å². The maximum Gasteiger partial charge on any atom is 0.251 e. The van der Waals surface area contributed by atoms with Gasteiger partial charge in [-0.15, -0.1) is 11.8 Å². The molecule has 1 heterocycles. The summed E-state index contributed by atoms with van der Waals surface area (Å²) < 4.78 is 14.0. The first-order chi connectivity index (χ1) is 12.1. The Kier molecular flexibility index (Phi) is 5.63. The molecule has 1 aliphatic heterocycles. The van der Waals surface area contributed by atoms with Crippen LogP contribution in [-0.2, 0) is 0 Å². The van der Waals surface area contributed by atoms with E-state index >= 15 is 0 Å². The van der Waals surface area contributed by atoms with Crippen molar-refractivity contribution in [2.75, 3.05) is 23.7 Å². The molecule has 1 N–H and O–H groups in total. The van der Waals surface area contributed by atoms with Crippen LogP contribution in [0.15, 0.2) is 47.4 Å². The van der Waals surface area contributed by atoms with Crippen molar-refractivity contribution in [2.24, 2.45) is 0 Å². The summed E-state index contributed by atoms with van der Waals surface area (Å²) in [5.41, 5.74) is 2.62. The maximum atomic E-state index is 14.0. The maximum absolute atomic E-state index is 14.0.